The van der Waals surface area contributed by atoms with Crippen LogP contribution in [0.25, 0.3) is 0 Å². The summed E-state index contributed by atoms with van der Waals surface area (Å²) in [7, 11) is -0.690. The van der Waals surface area contributed by atoms with E-state index in [-0.39, 0.29) is 11.6 Å². The number of sulfone groups is 1. The zero-order valence-electron chi connectivity index (χ0n) is 11.5. The van der Waals surface area contributed by atoms with Crippen molar-refractivity contribution >= 4 is 9.84 Å². The molecule has 0 aromatic heterocycles. The van der Waals surface area contributed by atoms with E-state index in [1.165, 1.54) is 0 Å². The maximum atomic E-state index is 11.5. The van der Waals surface area contributed by atoms with Crippen molar-refractivity contribution < 1.29 is 8.42 Å². The van der Waals surface area contributed by atoms with E-state index in [0.29, 0.717) is 18.1 Å². The highest BCUT2D eigenvalue weighted by Crippen LogP contribution is 2.17. The fraction of sp³-hybridized carbons (Fsp3) is 1.00. The lowest BCUT2D eigenvalue weighted by atomic mass is 9.99. The molecule has 17 heavy (non-hydrogen) atoms. The quantitative estimate of drug-likeness (QED) is 0.799. The van der Waals surface area contributed by atoms with E-state index < -0.39 is 9.84 Å². The van der Waals surface area contributed by atoms with Gasteiger partial charge in [-0.1, -0.05) is 6.92 Å². The first kappa shape index (κ1) is 14.9. The monoisotopic (exact) mass is 262 g/mol. The van der Waals surface area contributed by atoms with E-state index in [2.05, 4.69) is 38.0 Å². The third-order valence-corrected chi connectivity index (χ3v) is 5.75. The molecule has 0 aromatic carbocycles. The van der Waals surface area contributed by atoms with Crippen LogP contribution in [0.5, 0.6) is 0 Å². The number of rotatable bonds is 5. The lowest BCUT2D eigenvalue weighted by Crippen LogP contribution is -2.48. The highest BCUT2D eigenvalue weighted by Gasteiger charge is 2.26. The number of hydrogen-bond donors (Lipinski definition) is 1. The lowest BCUT2D eigenvalue weighted by Gasteiger charge is -2.36. The fourth-order valence-corrected chi connectivity index (χ4v) is 3.47. The Kier molecular flexibility index (Phi) is 4.98. The van der Waals surface area contributed by atoms with Crippen molar-refractivity contribution in [2.24, 2.45) is 0 Å². The second-order valence-corrected chi connectivity index (χ2v) is 7.87. The van der Waals surface area contributed by atoms with Crippen molar-refractivity contribution in [3.05, 3.63) is 0 Å². The minimum Gasteiger partial charge on any atom is -0.312 e. The number of hydrogen-bond acceptors (Lipinski definition) is 4. The van der Waals surface area contributed by atoms with E-state index in [9.17, 15) is 8.42 Å². The Morgan fingerprint density at radius 3 is 2.59 bits per heavy atom. The van der Waals surface area contributed by atoms with Gasteiger partial charge in [-0.25, -0.2) is 8.42 Å². The van der Waals surface area contributed by atoms with Crippen LogP contribution in [-0.4, -0.2) is 56.5 Å². The van der Waals surface area contributed by atoms with Crippen LogP contribution in [0.15, 0.2) is 0 Å². The van der Waals surface area contributed by atoms with Gasteiger partial charge in [0.05, 0.1) is 11.5 Å². The molecule has 0 saturated carbocycles. The molecule has 0 aliphatic carbocycles. The highest BCUT2D eigenvalue weighted by atomic mass is 32.2. The van der Waals surface area contributed by atoms with Crippen LogP contribution in [0.2, 0.25) is 0 Å². The predicted molar refractivity (Wildman–Crippen MR) is 72.1 cm³/mol. The summed E-state index contributed by atoms with van der Waals surface area (Å²) in [5, 5.41) is 3.29. The van der Waals surface area contributed by atoms with Gasteiger partial charge in [0.2, 0.25) is 0 Å². The van der Waals surface area contributed by atoms with Crippen molar-refractivity contribution in [2.75, 3.05) is 31.6 Å². The maximum absolute atomic E-state index is 11.5. The smallest absolute Gasteiger partial charge is 0.153 e. The van der Waals surface area contributed by atoms with Gasteiger partial charge in [-0.2, -0.15) is 0 Å². The first-order valence-corrected chi connectivity index (χ1v) is 8.24. The Morgan fingerprint density at radius 2 is 2.06 bits per heavy atom. The van der Waals surface area contributed by atoms with E-state index in [1.807, 2.05) is 0 Å². The molecule has 5 heteroatoms. The van der Waals surface area contributed by atoms with Crippen LogP contribution in [0.1, 0.15) is 33.6 Å². The molecule has 1 rings (SSSR count). The van der Waals surface area contributed by atoms with Crippen molar-refractivity contribution in [2.45, 2.75) is 45.2 Å². The van der Waals surface area contributed by atoms with Crippen molar-refractivity contribution in [1.29, 1.82) is 0 Å². The van der Waals surface area contributed by atoms with E-state index in [4.69, 9.17) is 0 Å². The highest BCUT2D eigenvalue weighted by molar-refractivity contribution is 7.91. The molecule has 4 nitrogen and oxygen atoms in total. The van der Waals surface area contributed by atoms with Gasteiger partial charge >= 0.3 is 0 Å². The lowest BCUT2D eigenvalue weighted by molar-refractivity contribution is 0.145. The second-order valence-electron chi connectivity index (χ2n) is 5.64. The first-order valence-electron chi connectivity index (χ1n) is 6.42. The number of nitrogens with zero attached hydrogens (tertiary/aromatic N) is 1. The Hall–Kier alpha value is -0.130. The summed E-state index contributed by atoms with van der Waals surface area (Å²) in [4.78, 5) is 2.32. The second kappa shape index (κ2) is 5.67. The molecule has 1 fully saturated rings. The molecule has 0 aromatic rings. The third kappa shape index (κ3) is 4.56. The fourth-order valence-electron chi connectivity index (χ4n) is 1.97. The molecule has 0 bridgehead atoms. The van der Waals surface area contributed by atoms with Crippen LogP contribution in [0.4, 0.5) is 0 Å². The average Bonchev–Trinajstić information content (AvgIpc) is 2.24. The third-order valence-electron chi connectivity index (χ3n) is 4.01. The normalized spacial score (nSPS) is 25.1. The van der Waals surface area contributed by atoms with Crippen LogP contribution in [-0.2, 0) is 9.84 Å². The Labute approximate surface area is 106 Å². The molecule has 0 spiro atoms. The van der Waals surface area contributed by atoms with Gasteiger partial charge in [-0.05, 0) is 40.3 Å². The molecule has 0 radical (unpaired) electrons. The summed E-state index contributed by atoms with van der Waals surface area (Å²) in [6.07, 6.45) is 2.00. The summed E-state index contributed by atoms with van der Waals surface area (Å²) in [6.45, 7) is 8.16. The van der Waals surface area contributed by atoms with E-state index >= 15 is 0 Å². The topological polar surface area (TPSA) is 49.4 Å². The van der Waals surface area contributed by atoms with Gasteiger partial charge in [0.15, 0.2) is 9.84 Å². The Bertz CT molecular complexity index is 338. The Balaban J connectivity index is 2.41. The molecule has 102 valence electrons. The average molecular weight is 262 g/mol. The van der Waals surface area contributed by atoms with Gasteiger partial charge in [0, 0.05) is 18.1 Å². The van der Waals surface area contributed by atoms with Gasteiger partial charge in [-0.3, -0.25) is 0 Å². The summed E-state index contributed by atoms with van der Waals surface area (Å²) < 4.78 is 23.0. The van der Waals surface area contributed by atoms with Gasteiger partial charge in [-0.15, -0.1) is 0 Å². The summed E-state index contributed by atoms with van der Waals surface area (Å²) in [5.41, 5.74) is 0.188. The van der Waals surface area contributed by atoms with Crippen LogP contribution >= 0.6 is 0 Å². The van der Waals surface area contributed by atoms with Crippen LogP contribution < -0.4 is 5.32 Å². The predicted octanol–water partition coefficient (Wildman–Crippen LogP) is 0.884. The minimum absolute atomic E-state index is 0.129. The molecule has 1 atom stereocenters. The molecule has 1 aliphatic heterocycles. The molecule has 1 aliphatic rings. The minimum atomic E-state index is -2.80. The zero-order chi connectivity index (χ0) is 13.1. The molecule has 1 saturated heterocycles. The molecule has 1 unspecified atom stereocenters. The van der Waals surface area contributed by atoms with Gasteiger partial charge in [0.25, 0.3) is 0 Å². The molecule has 1 N–H and O–H groups in total. The molecular weight excluding hydrogens is 236 g/mol. The maximum Gasteiger partial charge on any atom is 0.153 e. The Morgan fingerprint density at radius 1 is 1.41 bits per heavy atom. The molecule has 0 amide bonds. The van der Waals surface area contributed by atoms with Crippen LogP contribution in [0, 0.1) is 0 Å². The first-order chi connectivity index (χ1) is 7.77. The van der Waals surface area contributed by atoms with Gasteiger partial charge < -0.3 is 10.2 Å². The van der Waals surface area contributed by atoms with Crippen molar-refractivity contribution in [3.8, 4) is 0 Å². The van der Waals surface area contributed by atoms with Crippen molar-refractivity contribution in [1.82, 2.24) is 10.2 Å². The van der Waals surface area contributed by atoms with Gasteiger partial charge in [0.1, 0.15) is 0 Å². The summed E-state index contributed by atoms with van der Waals surface area (Å²) in [6, 6.07) is 0.129. The standard InChI is InChI=1S/C12H26N2O2S/c1-5-12(2,3)14(4)8-6-11-10-17(15,16)9-7-13-11/h11,13H,5-10H2,1-4H3. The summed E-state index contributed by atoms with van der Waals surface area (Å²) >= 11 is 0. The van der Waals surface area contributed by atoms with Crippen LogP contribution in [0.3, 0.4) is 0 Å². The molecular formula is C12H26N2O2S. The largest absolute Gasteiger partial charge is 0.312 e. The SMILES string of the molecule is CCC(C)(C)N(C)CCC1CS(=O)(=O)CCN1. The summed E-state index contributed by atoms with van der Waals surface area (Å²) in [5.74, 6) is 0.590. The number of nitrogens with one attached hydrogen (secondary N) is 1. The molecule has 1 heterocycles. The van der Waals surface area contributed by atoms with E-state index in [0.717, 1.165) is 19.4 Å². The van der Waals surface area contributed by atoms with E-state index in [1.54, 1.807) is 0 Å². The van der Waals surface area contributed by atoms with Crippen molar-refractivity contribution in [3.63, 3.8) is 0 Å². The zero-order valence-corrected chi connectivity index (χ0v) is 12.3.